The molecule has 150 valence electrons. The lowest BCUT2D eigenvalue weighted by Crippen LogP contribution is -2.12. The van der Waals surface area contributed by atoms with E-state index in [9.17, 15) is 4.79 Å². The minimum absolute atomic E-state index is 0.256. The molecule has 4 rings (SSSR count). The zero-order chi connectivity index (χ0) is 20.4. The third-order valence-electron chi connectivity index (χ3n) is 4.54. The fourth-order valence-corrected chi connectivity index (χ4v) is 3.65. The molecule has 0 unspecified atom stereocenters. The van der Waals surface area contributed by atoms with E-state index in [1.807, 2.05) is 35.9 Å². The molecular weight excluding hydrogens is 438 g/mol. The number of halogens is 1. The summed E-state index contributed by atoms with van der Waals surface area (Å²) in [5.74, 6) is 1.51. The SMILES string of the molecule is CCOc1cc(C(=O)Nc2cccc(-c3nnnn3C3CC3)c2)cc(Br)c1OC. The van der Waals surface area contributed by atoms with E-state index in [-0.39, 0.29) is 5.91 Å². The number of carbonyl (C=O) groups is 1. The number of hydrogen-bond acceptors (Lipinski definition) is 6. The van der Waals surface area contributed by atoms with Gasteiger partial charge in [-0.15, -0.1) is 5.10 Å². The number of aromatic nitrogens is 4. The molecule has 1 aliphatic carbocycles. The van der Waals surface area contributed by atoms with Gasteiger partial charge in [-0.3, -0.25) is 4.79 Å². The van der Waals surface area contributed by atoms with Crippen LogP contribution in [0.2, 0.25) is 0 Å². The first-order valence-corrected chi connectivity index (χ1v) is 10.1. The maximum absolute atomic E-state index is 12.8. The molecular formula is C20H20BrN5O3. The molecule has 9 heteroatoms. The van der Waals surface area contributed by atoms with Crippen LogP contribution in [0.1, 0.15) is 36.2 Å². The second-order valence-electron chi connectivity index (χ2n) is 6.64. The van der Waals surface area contributed by atoms with E-state index < -0.39 is 0 Å². The van der Waals surface area contributed by atoms with Crippen LogP contribution in [0.3, 0.4) is 0 Å². The van der Waals surface area contributed by atoms with Gasteiger partial charge in [-0.1, -0.05) is 12.1 Å². The van der Waals surface area contributed by atoms with Gasteiger partial charge >= 0.3 is 0 Å². The first-order valence-electron chi connectivity index (χ1n) is 9.30. The van der Waals surface area contributed by atoms with Gasteiger partial charge in [0.25, 0.3) is 5.91 Å². The molecule has 1 amide bonds. The smallest absolute Gasteiger partial charge is 0.255 e. The van der Waals surface area contributed by atoms with Crippen molar-refractivity contribution in [2.45, 2.75) is 25.8 Å². The summed E-state index contributed by atoms with van der Waals surface area (Å²) in [4.78, 5) is 12.8. The molecule has 0 aliphatic heterocycles. The van der Waals surface area contributed by atoms with Crippen molar-refractivity contribution in [1.29, 1.82) is 0 Å². The zero-order valence-corrected chi connectivity index (χ0v) is 17.6. The molecule has 1 fully saturated rings. The molecule has 1 aliphatic rings. The summed E-state index contributed by atoms with van der Waals surface area (Å²) in [7, 11) is 1.56. The van der Waals surface area contributed by atoms with Gasteiger partial charge in [-0.2, -0.15) is 0 Å². The van der Waals surface area contributed by atoms with Crippen LogP contribution in [0, 0.1) is 0 Å². The van der Waals surface area contributed by atoms with E-state index in [0.29, 0.717) is 45.7 Å². The number of carbonyl (C=O) groups excluding carboxylic acids is 1. The van der Waals surface area contributed by atoms with E-state index in [4.69, 9.17) is 9.47 Å². The first-order chi connectivity index (χ1) is 14.1. The lowest BCUT2D eigenvalue weighted by molar-refractivity contribution is 0.102. The third-order valence-corrected chi connectivity index (χ3v) is 5.13. The van der Waals surface area contributed by atoms with E-state index in [0.717, 1.165) is 18.4 Å². The number of ether oxygens (including phenoxy) is 2. The molecule has 1 heterocycles. The Morgan fingerprint density at radius 2 is 2.14 bits per heavy atom. The molecule has 0 spiro atoms. The summed E-state index contributed by atoms with van der Waals surface area (Å²) >= 11 is 3.44. The standard InChI is InChI=1S/C20H20BrN5O3/c1-3-29-17-11-13(10-16(21)18(17)28-2)20(27)22-14-6-4-5-12(9-14)19-23-24-25-26(19)15-7-8-15/h4-6,9-11,15H,3,7-8H2,1-2H3,(H,22,27). The highest BCUT2D eigenvalue weighted by Gasteiger charge is 2.28. The Morgan fingerprint density at radius 3 is 2.86 bits per heavy atom. The molecule has 1 N–H and O–H groups in total. The number of nitrogens with zero attached hydrogens (tertiary/aromatic N) is 4. The van der Waals surface area contributed by atoms with Crippen LogP contribution in [0.25, 0.3) is 11.4 Å². The largest absolute Gasteiger partial charge is 0.492 e. The predicted molar refractivity (Wildman–Crippen MR) is 111 cm³/mol. The van der Waals surface area contributed by atoms with Gasteiger partial charge < -0.3 is 14.8 Å². The first kappa shape index (κ1) is 19.4. The van der Waals surface area contributed by atoms with E-state index in [2.05, 4.69) is 36.8 Å². The number of methoxy groups -OCH3 is 1. The van der Waals surface area contributed by atoms with Gasteiger partial charge in [0.05, 0.1) is 24.2 Å². The van der Waals surface area contributed by atoms with Crippen molar-refractivity contribution in [2.75, 3.05) is 19.0 Å². The average Bonchev–Trinajstić information content (AvgIpc) is 3.44. The number of benzene rings is 2. The van der Waals surface area contributed by atoms with E-state index in [1.165, 1.54) is 0 Å². The molecule has 0 radical (unpaired) electrons. The highest BCUT2D eigenvalue weighted by molar-refractivity contribution is 9.10. The number of amides is 1. The van der Waals surface area contributed by atoms with Gasteiger partial charge in [-0.25, -0.2) is 4.68 Å². The van der Waals surface area contributed by atoms with Crippen LogP contribution < -0.4 is 14.8 Å². The lowest BCUT2D eigenvalue weighted by Gasteiger charge is -2.13. The molecule has 3 aromatic rings. The Labute approximate surface area is 176 Å². The van der Waals surface area contributed by atoms with Crippen LogP contribution in [0.5, 0.6) is 11.5 Å². The fourth-order valence-electron chi connectivity index (χ4n) is 3.05. The van der Waals surface area contributed by atoms with Gasteiger partial charge in [0.15, 0.2) is 17.3 Å². The van der Waals surface area contributed by atoms with E-state index in [1.54, 1.807) is 19.2 Å². The minimum atomic E-state index is -0.256. The molecule has 1 saturated carbocycles. The van der Waals surface area contributed by atoms with Crippen molar-refractivity contribution < 1.29 is 14.3 Å². The number of anilines is 1. The lowest BCUT2D eigenvalue weighted by atomic mass is 10.1. The Hall–Kier alpha value is -2.94. The molecule has 8 nitrogen and oxygen atoms in total. The summed E-state index contributed by atoms with van der Waals surface area (Å²) in [5, 5.41) is 14.9. The van der Waals surface area contributed by atoms with Gasteiger partial charge in [0.1, 0.15) is 0 Å². The fraction of sp³-hybridized carbons (Fsp3) is 0.300. The van der Waals surface area contributed by atoms with Crippen molar-refractivity contribution in [3.8, 4) is 22.9 Å². The molecule has 1 aromatic heterocycles. The van der Waals surface area contributed by atoms with Crippen LogP contribution in [0.4, 0.5) is 5.69 Å². The van der Waals surface area contributed by atoms with E-state index >= 15 is 0 Å². The summed E-state index contributed by atoms with van der Waals surface area (Å²) in [6, 6.07) is 11.2. The second kappa shape index (κ2) is 8.20. The highest BCUT2D eigenvalue weighted by atomic mass is 79.9. The Kier molecular flexibility index (Phi) is 5.48. The minimum Gasteiger partial charge on any atom is -0.492 e. The normalized spacial score (nSPS) is 13.2. The molecule has 29 heavy (non-hydrogen) atoms. The van der Waals surface area contributed by atoms with Crippen LogP contribution >= 0.6 is 15.9 Å². The maximum Gasteiger partial charge on any atom is 0.255 e. The second-order valence-corrected chi connectivity index (χ2v) is 7.49. The van der Waals surface area contributed by atoms with Crippen molar-refractivity contribution in [3.63, 3.8) is 0 Å². The van der Waals surface area contributed by atoms with Crippen molar-refractivity contribution >= 4 is 27.5 Å². The Bertz CT molecular complexity index is 1050. The number of hydrogen-bond donors (Lipinski definition) is 1. The summed E-state index contributed by atoms with van der Waals surface area (Å²) in [6.07, 6.45) is 2.17. The number of tetrazole rings is 1. The predicted octanol–water partition coefficient (Wildman–Crippen LogP) is 4.10. The third kappa shape index (κ3) is 4.09. The highest BCUT2D eigenvalue weighted by Crippen LogP contribution is 2.38. The van der Waals surface area contributed by atoms with Crippen molar-refractivity contribution in [2.24, 2.45) is 0 Å². The number of rotatable bonds is 7. The molecule has 0 saturated heterocycles. The molecule has 0 atom stereocenters. The van der Waals surface area contributed by atoms with Gasteiger partial charge in [-0.05, 0) is 70.4 Å². The summed E-state index contributed by atoms with van der Waals surface area (Å²) < 4.78 is 13.4. The monoisotopic (exact) mass is 457 g/mol. The molecule has 0 bridgehead atoms. The van der Waals surface area contributed by atoms with Gasteiger partial charge in [0.2, 0.25) is 0 Å². The Morgan fingerprint density at radius 1 is 1.31 bits per heavy atom. The van der Waals surface area contributed by atoms with Crippen LogP contribution in [0.15, 0.2) is 40.9 Å². The quantitative estimate of drug-likeness (QED) is 0.574. The zero-order valence-electron chi connectivity index (χ0n) is 16.1. The van der Waals surface area contributed by atoms with Crippen LogP contribution in [-0.4, -0.2) is 39.8 Å². The summed E-state index contributed by atoms with van der Waals surface area (Å²) in [6.45, 7) is 2.34. The topological polar surface area (TPSA) is 91.2 Å². The van der Waals surface area contributed by atoms with Gasteiger partial charge in [0, 0.05) is 16.8 Å². The maximum atomic E-state index is 12.8. The summed E-state index contributed by atoms with van der Waals surface area (Å²) in [5.41, 5.74) is 1.96. The van der Waals surface area contributed by atoms with Crippen LogP contribution in [-0.2, 0) is 0 Å². The van der Waals surface area contributed by atoms with Crippen molar-refractivity contribution in [1.82, 2.24) is 20.2 Å². The molecule has 2 aromatic carbocycles. The Balaban J connectivity index is 1.58. The number of nitrogens with one attached hydrogen (secondary N) is 1. The van der Waals surface area contributed by atoms with Crippen molar-refractivity contribution in [3.05, 3.63) is 46.4 Å². The average molecular weight is 458 g/mol.